The number of nitrogens with one attached hydrogen (secondary N) is 2. The molecule has 2 aliphatic rings. The summed E-state index contributed by atoms with van der Waals surface area (Å²) >= 11 is 4.81. The van der Waals surface area contributed by atoms with E-state index in [9.17, 15) is 23.1 Å². The first-order valence-corrected chi connectivity index (χ1v) is 8.02. The summed E-state index contributed by atoms with van der Waals surface area (Å²) < 4.78 is 56.0. The van der Waals surface area contributed by atoms with Gasteiger partial charge < -0.3 is 30.0 Å². The zero-order valence-corrected chi connectivity index (χ0v) is 14.2. The predicted molar refractivity (Wildman–Crippen MR) is 85.3 cm³/mol. The molecule has 1 aromatic rings. The molecule has 2 heterocycles. The summed E-state index contributed by atoms with van der Waals surface area (Å²) in [4.78, 5) is 12.3. The van der Waals surface area contributed by atoms with Crippen LogP contribution in [0.25, 0.3) is 0 Å². The molecule has 0 bridgehead atoms. The Labute approximate surface area is 151 Å². The molecule has 0 amide bonds. The molecule has 0 spiro atoms. The summed E-state index contributed by atoms with van der Waals surface area (Å²) in [7, 11) is 0. The largest absolute Gasteiger partial charge is 0.466 e. The van der Waals surface area contributed by atoms with Crippen LogP contribution in [0, 0.1) is 5.92 Å². The van der Waals surface area contributed by atoms with Crippen molar-refractivity contribution in [3.05, 3.63) is 23.8 Å². The number of thiocarbonyl (C=S) groups is 1. The van der Waals surface area contributed by atoms with Crippen molar-refractivity contribution in [3.63, 3.8) is 0 Å². The summed E-state index contributed by atoms with van der Waals surface area (Å²) in [5.74, 6) is -2.54. The van der Waals surface area contributed by atoms with E-state index in [-0.39, 0.29) is 19.0 Å². The van der Waals surface area contributed by atoms with Crippen LogP contribution in [0.3, 0.4) is 0 Å². The maximum Gasteiger partial charge on any atom is 0.437 e. The lowest BCUT2D eigenvalue weighted by Crippen LogP contribution is -2.73. The average Bonchev–Trinajstić information content (AvgIpc) is 3.00. The Kier molecular flexibility index (Phi) is 4.61. The van der Waals surface area contributed by atoms with Gasteiger partial charge in [0.2, 0.25) is 6.79 Å². The Morgan fingerprint density at radius 1 is 1.42 bits per heavy atom. The van der Waals surface area contributed by atoms with E-state index in [1.165, 1.54) is 25.1 Å². The lowest BCUT2D eigenvalue weighted by molar-refractivity contribution is -0.292. The van der Waals surface area contributed by atoms with Gasteiger partial charge in [0, 0.05) is 0 Å². The van der Waals surface area contributed by atoms with E-state index in [1.54, 1.807) is 5.32 Å². The SMILES string of the molecule is CCOC(=O)[C@@H]1[C@@H](c2ccc3c(c2)OCO3)NC(=S)N[C@@]1(O)C(F)(F)F. The minimum absolute atomic E-state index is 0.0232. The third kappa shape index (κ3) is 3.01. The zero-order chi connectivity index (χ0) is 19.1. The van der Waals surface area contributed by atoms with Gasteiger partial charge in [-0.25, -0.2) is 0 Å². The smallest absolute Gasteiger partial charge is 0.437 e. The number of alkyl halides is 3. The molecule has 1 aromatic carbocycles. The quantitative estimate of drug-likeness (QED) is 0.525. The van der Waals surface area contributed by atoms with E-state index in [0.29, 0.717) is 11.5 Å². The Balaban J connectivity index is 2.08. The van der Waals surface area contributed by atoms with Gasteiger partial charge >= 0.3 is 12.1 Å². The first-order chi connectivity index (χ1) is 12.2. The van der Waals surface area contributed by atoms with E-state index < -0.39 is 34.9 Å². The number of carbonyl (C=O) groups excluding carboxylic acids is 1. The molecular formula is C15H15F3N2O5S. The highest BCUT2D eigenvalue weighted by Crippen LogP contribution is 2.44. The number of rotatable bonds is 3. The third-order valence-electron chi connectivity index (χ3n) is 4.10. The van der Waals surface area contributed by atoms with E-state index in [4.69, 9.17) is 26.4 Å². The Bertz CT molecular complexity index is 744. The highest BCUT2D eigenvalue weighted by Gasteiger charge is 2.66. The van der Waals surface area contributed by atoms with E-state index in [2.05, 4.69) is 5.32 Å². The summed E-state index contributed by atoms with van der Waals surface area (Å²) in [6.45, 7) is 1.28. The van der Waals surface area contributed by atoms with Crippen LogP contribution in [0.5, 0.6) is 11.5 Å². The van der Waals surface area contributed by atoms with Crippen LogP contribution in [0.4, 0.5) is 13.2 Å². The van der Waals surface area contributed by atoms with Gasteiger partial charge in [0.1, 0.15) is 5.92 Å². The first kappa shape index (κ1) is 18.5. The van der Waals surface area contributed by atoms with Gasteiger partial charge in [0.05, 0.1) is 12.6 Å². The predicted octanol–water partition coefficient (Wildman–Crippen LogP) is 1.36. The topological polar surface area (TPSA) is 89.1 Å². The highest BCUT2D eigenvalue weighted by molar-refractivity contribution is 7.80. The van der Waals surface area contributed by atoms with E-state index in [1.807, 2.05) is 0 Å². The van der Waals surface area contributed by atoms with E-state index in [0.717, 1.165) is 0 Å². The molecule has 1 saturated heterocycles. The number of ether oxygens (including phenoxy) is 3. The van der Waals surface area contributed by atoms with Gasteiger partial charge in [-0.15, -0.1) is 0 Å². The normalized spacial score (nSPS) is 27.5. The van der Waals surface area contributed by atoms with Crippen molar-refractivity contribution in [2.75, 3.05) is 13.4 Å². The fourth-order valence-electron chi connectivity index (χ4n) is 2.92. The molecule has 1 fully saturated rings. The minimum atomic E-state index is -5.19. The van der Waals surface area contributed by atoms with Crippen molar-refractivity contribution in [2.45, 2.75) is 24.9 Å². The minimum Gasteiger partial charge on any atom is -0.466 e. The molecular weight excluding hydrogens is 377 g/mol. The van der Waals surface area contributed by atoms with Crippen LogP contribution in [-0.2, 0) is 9.53 Å². The second-order valence-electron chi connectivity index (χ2n) is 5.68. The molecule has 142 valence electrons. The zero-order valence-electron chi connectivity index (χ0n) is 13.4. The van der Waals surface area contributed by atoms with Gasteiger partial charge in [-0.2, -0.15) is 13.2 Å². The van der Waals surface area contributed by atoms with E-state index >= 15 is 0 Å². The Hall–Kier alpha value is -2.27. The molecule has 0 saturated carbocycles. The van der Waals surface area contributed by atoms with Gasteiger partial charge in [-0.05, 0) is 36.8 Å². The molecule has 7 nitrogen and oxygen atoms in total. The molecule has 3 rings (SSSR count). The summed E-state index contributed by atoms with van der Waals surface area (Å²) in [6.07, 6.45) is -5.19. The summed E-state index contributed by atoms with van der Waals surface area (Å²) in [5, 5.41) is 14.3. The monoisotopic (exact) mass is 392 g/mol. The second-order valence-corrected chi connectivity index (χ2v) is 6.09. The number of halogens is 3. The van der Waals surface area contributed by atoms with Crippen LogP contribution < -0.4 is 20.1 Å². The molecule has 0 unspecified atom stereocenters. The van der Waals surface area contributed by atoms with Crippen molar-refractivity contribution >= 4 is 23.3 Å². The number of esters is 1. The molecule has 0 aliphatic carbocycles. The lowest BCUT2D eigenvalue weighted by Gasteiger charge is -2.45. The molecule has 0 radical (unpaired) electrons. The molecule has 3 N–H and O–H groups in total. The van der Waals surface area contributed by atoms with Crippen LogP contribution >= 0.6 is 12.2 Å². The number of benzene rings is 1. The molecule has 0 aromatic heterocycles. The number of hydrogen-bond donors (Lipinski definition) is 3. The maximum atomic E-state index is 13.6. The Morgan fingerprint density at radius 3 is 2.77 bits per heavy atom. The van der Waals surface area contributed by atoms with Crippen molar-refractivity contribution in [1.82, 2.24) is 10.6 Å². The summed E-state index contributed by atoms with van der Waals surface area (Å²) in [5.41, 5.74) is -3.35. The lowest BCUT2D eigenvalue weighted by atomic mass is 9.82. The third-order valence-corrected chi connectivity index (χ3v) is 4.32. The van der Waals surface area contributed by atoms with Crippen molar-refractivity contribution < 1.29 is 37.3 Å². The second kappa shape index (κ2) is 6.47. The number of aliphatic hydroxyl groups is 1. The fraction of sp³-hybridized carbons (Fsp3) is 0.467. The van der Waals surface area contributed by atoms with Crippen LogP contribution in [-0.4, -0.2) is 41.5 Å². The highest BCUT2D eigenvalue weighted by atomic mass is 32.1. The number of hydrogen-bond acceptors (Lipinski definition) is 6. The molecule has 2 aliphatic heterocycles. The summed E-state index contributed by atoms with van der Waals surface area (Å²) in [6, 6.07) is 3.09. The van der Waals surface area contributed by atoms with Gasteiger partial charge in [-0.3, -0.25) is 4.79 Å². The van der Waals surface area contributed by atoms with Crippen molar-refractivity contribution in [3.8, 4) is 11.5 Å². The standard InChI is InChI=1S/C15H15F3N2O5S/c1-2-23-12(21)10-11(7-3-4-8-9(5-7)25-6-24-8)19-13(26)20-14(10,22)15(16,17)18/h3-5,10-11,22H,2,6H2,1H3,(H2,19,20,26)/t10-,11+,14-/m0/s1. The maximum absolute atomic E-state index is 13.6. The molecule has 3 atom stereocenters. The molecule has 26 heavy (non-hydrogen) atoms. The first-order valence-electron chi connectivity index (χ1n) is 7.61. The van der Waals surface area contributed by atoms with Gasteiger partial charge in [0.15, 0.2) is 16.6 Å². The number of carbonyl (C=O) groups is 1. The van der Waals surface area contributed by atoms with Crippen molar-refractivity contribution in [1.29, 1.82) is 0 Å². The van der Waals surface area contributed by atoms with Gasteiger partial charge in [-0.1, -0.05) is 6.07 Å². The van der Waals surface area contributed by atoms with Crippen molar-refractivity contribution in [2.24, 2.45) is 5.92 Å². The number of fused-ring (bicyclic) bond motifs is 1. The fourth-order valence-corrected chi connectivity index (χ4v) is 3.20. The molecule has 11 heteroatoms. The van der Waals surface area contributed by atoms with Crippen LogP contribution in [0.15, 0.2) is 18.2 Å². The Morgan fingerprint density at radius 2 is 2.12 bits per heavy atom. The van der Waals surface area contributed by atoms with Gasteiger partial charge in [0.25, 0.3) is 5.72 Å². The van der Waals surface area contributed by atoms with Crippen LogP contribution in [0.2, 0.25) is 0 Å². The van der Waals surface area contributed by atoms with Crippen LogP contribution in [0.1, 0.15) is 18.5 Å². The average molecular weight is 392 g/mol.